The van der Waals surface area contributed by atoms with E-state index in [-0.39, 0.29) is 11.7 Å². The van der Waals surface area contributed by atoms with Crippen LogP contribution in [0.3, 0.4) is 0 Å². The molecule has 4 rings (SSSR count). The maximum Gasteiger partial charge on any atom is 0.253 e. The number of carbonyl (C=O) groups excluding carboxylic acids is 1. The van der Waals surface area contributed by atoms with E-state index < -0.39 is 0 Å². The van der Waals surface area contributed by atoms with Gasteiger partial charge in [0.15, 0.2) is 0 Å². The minimum atomic E-state index is -0.219. The molecule has 0 aliphatic carbocycles. The van der Waals surface area contributed by atoms with E-state index in [2.05, 4.69) is 20.8 Å². The van der Waals surface area contributed by atoms with Crippen molar-refractivity contribution in [1.29, 1.82) is 0 Å². The molecule has 1 amide bonds. The molecule has 1 aliphatic heterocycles. The van der Waals surface area contributed by atoms with Crippen LogP contribution in [-0.2, 0) is 13.2 Å². The summed E-state index contributed by atoms with van der Waals surface area (Å²) in [6.45, 7) is 4.13. The molecule has 6 heteroatoms. The lowest BCUT2D eigenvalue weighted by Crippen LogP contribution is -2.48. The summed E-state index contributed by atoms with van der Waals surface area (Å²) in [5.41, 5.74) is 2.72. The third kappa shape index (κ3) is 5.93. The number of rotatable bonds is 6. The fourth-order valence-corrected chi connectivity index (χ4v) is 4.04. The summed E-state index contributed by atoms with van der Waals surface area (Å²) in [4.78, 5) is 17.2. The molecule has 1 saturated heterocycles. The molecule has 1 aliphatic rings. The molecule has 0 atom stereocenters. The number of ether oxygens (including phenoxy) is 1. The van der Waals surface area contributed by atoms with Gasteiger partial charge in [0.25, 0.3) is 5.91 Å². The molecule has 0 aromatic heterocycles. The molecule has 0 bridgehead atoms. The van der Waals surface area contributed by atoms with Crippen LogP contribution >= 0.6 is 15.9 Å². The van der Waals surface area contributed by atoms with Crippen LogP contribution in [0.5, 0.6) is 5.75 Å². The SMILES string of the molecule is O=C(c1cccc(COc2cccc(Br)c2)c1)N1CCN(Cc2ccc(F)cc2)CC1. The van der Waals surface area contributed by atoms with Gasteiger partial charge in [0, 0.05) is 42.8 Å². The minimum Gasteiger partial charge on any atom is -0.489 e. The Hall–Kier alpha value is -2.70. The quantitative estimate of drug-likeness (QED) is 0.488. The second-order valence-electron chi connectivity index (χ2n) is 7.64. The Morgan fingerprint density at radius 1 is 0.903 bits per heavy atom. The van der Waals surface area contributed by atoms with Crippen molar-refractivity contribution in [3.63, 3.8) is 0 Å². The monoisotopic (exact) mass is 482 g/mol. The number of halogens is 2. The zero-order chi connectivity index (χ0) is 21.6. The van der Waals surface area contributed by atoms with Crippen molar-refractivity contribution in [2.45, 2.75) is 13.2 Å². The molecule has 160 valence electrons. The molecule has 0 saturated carbocycles. The molecule has 3 aromatic carbocycles. The van der Waals surface area contributed by atoms with Gasteiger partial charge in [0.1, 0.15) is 18.2 Å². The first-order valence-electron chi connectivity index (χ1n) is 10.3. The van der Waals surface area contributed by atoms with Gasteiger partial charge in [-0.25, -0.2) is 4.39 Å². The highest BCUT2D eigenvalue weighted by Gasteiger charge is 2.22. The van der Waals surface area contributed by atoms with E-state index in [9.17, 15) is 9.18 Å². The molecule has 0 radical (unpaired) electrons. The minimum absolute atomic E-state index is 0.0470. The number of benzene rings is 3. The van der Waals surface area contributed by atoms with Crippen molar-refractivity contribution in [2.75, 3.05) is 26.2 Å². The van der Waals surface area contributed by atoms with Gasteiger partial charge >= 0.3 is 0 Å². The van der Waals surface area contributed by atoms with Gasteiger partial charge in [0.05, 0.1) is 0 Å². The maximum absolute atomic E-state index is 13.1. The molecular formula is C25H24BrFN2O2. The van der Waals surface area contributed by atoms with Crippen LogP contribution in [0.4, 0.5) is 4.39 Å². The van der Waals surface area contributed by atoms with E-state index >= 15 is 0 Å². The van der Waals surface area contributed by atoms with Crippen molar-refractivity contribution >= 4 is 21.8 Å². The van der Waals surface area contributed by atoms with E-state index in [1.807, 2.05) is 65.6 Å². The first-order chi connectivity index (χ1) is 15.1. The lowest BCUT2D eigenvalue weighted by molar-refractivity contribution is 0.0628. The van der Waals surface area contributed by atoms with E-state index in [1.54, 1.807) is 0 Å². The number of amides is 1. The van der Waals surface area contributed by atoms with E-state index in [4.69, 9.17) is 4.74 Å². The second kappa shape index (κ2) is 10.1. The fraction of sp³-hybridized carbons (Fsp3) is 0.240. The van der Waals surface area contributed by atoms with Crippen LogP contribution < -0.4 is 4.74 Å². The second-order valence-corrected chi connectivity index (χ2v) is 8.56. The Balaban J connectivity index is 1.31. The van der Waals surface area contributed by atoms with Gasteiger partial charge in [-0.3, -0.25) is 9.69 Å². The summed E-state index contributed by atoms with van der Waals surface area (Å²) in [5, 5.41) is 0. The predicted molar refractivity (Wildman–Crippen MR) is 122 cm³/mol. The van der Waals surface area contributed by atoms with Gasteiger partial charge in [-0.15, -0.1) is 0 Å². The van der Waals surface area contributed by atoms with Crippen LogP contribution in [0, 0.1) is 5.82 Å². The number of nitrogens with zero attached hydrogens (tertiary/aromatic N) is 2. The number of hydrogen-bond donors (Lipinski definition) is 0. The van der Waals surface area contributed by atoms with Crippen molar-refractivity contribution in [3.05, 3.63) is 99.8 Å². The molecule has 0 spiro atoms. The third-order valence-corrected chi connectivity index (χ3v) is 5.85. The highest BCUT2D eigenvalue weighted by Crippen LogP contribution is 2.20. The van der Waals surface area contributed by atoms with E-state index in [0.717, 1.165) is 41.0 Å². The van der Waals surface area contributed by atoms with E-state index in [0.29, 0.717) is 25.3 Å². The average molecular weight is 483 g/mol. The maximum atomic E-state index is 13.1. The van der Waals surface area contributed by atoms with Gasteiger partial charge in [-0.05, 0) is 53.6 Å². The summed E-state index contributed by atoms with van der Waals surface area (Å²) in [7, 11) is 0. The summed E-state index contributed by atoms with van der Waals surface area (Å²) in [5.74, 6) is 0.609. The van der Waals surface area contributed by atoms with Crippen molar-refractivity contribution in [3.8, 4) is 5.75 Å². The molecule has 1 fully saturated rings. The first kappa shape index (κ1) is 21.5. The fourth-order valence-electron chi connectivity index (χ4n) is 3.66. The standard InChI is InChI=1S/C25H24BrFN2O2/c26-22-5-2-6-24(16-22)31-18-20-3-1-4-21(15-20)25(30)29-13-11-28(12-14-29)17-19-7-9-23(27)10-8-19/h1-10,15-16H,11-14,17-18H2. The van der Waals surface area contributed by atoms with E-state index in [1.165, 1.54) is 12.1 Å². The largest absolute Gasteiger partial charge is 0.489 e. The summed E-state index contributed by atoms with van der Waals surface area (Å²) < 4.78 is 19.9. The topological polar surface area (TPSA) is 32.8 Å². The molecule has 3 aromatic rings. The van der Waals surface area contributed by atoms with Gasteiger partial charge in [-0.1, -0.05) is 46.3 Å². The molecule has 0 N–H and O–H groups in total. The van der Waals surface area contributed by atoms with Crippen LogP contribution in [0.1, 0.15) is 21.5 Å². The zero-order valence-corrected chi connectivity index (χ0v) is 18.7. The van der Waals surface area contributed by atoms with Gasteiger partial charge < -0.3 is 9.64 Å². The lowest BCUT2D eigenvalue weighted by Gasteiger charge is -2.34. The van der Waals surface area contributed by atoms with Crippen LogP contribution in [0.15, 0.2) is 77.3 Å². The first-order valence-corrected chi connectivity index (χ1v) is 11.1. The zero-order valence-electron chi connectivity index (χ0n) is 17.1. The summed E-state index contributed by atoms with van der Waals surface area (Å²) in [6.07, 6.45) is 0. The Morgan fingerprint density at radius 2 is 1.65 bits per heavy atom. The molecule has 31 heavy (non-hydrogen) atoms. The Kier molecular flexibility index (Phi) is 6.99. The Bertz CT molecular complexity index is 1030. The van der Waals surface area contributed by atoms with Gasteiger partial charge in [0.2, 0.25) is 0 Å². The summed E-state index contributed by atoms with van der Waals surface area (Å²) in [6, 6.07) is 21.9. The van der Waals surface area contributed by atoms with Crippen molar-refractivity contribution < 1.29 is 13.9 Å². The molecule has 0 unspecified atom stereocenters. The molecular weight excluding hydrogens is 459 g/mol. The molecule has 4 nitrogen and oxygen atoms in total. The van der Waals surface area contributed by atoms with Crippen LogP contribution in [-0.4, -0.2) is 41.9 Å². The highest BCUT2D eigenvalue weighted by molar-refractivity contribution is 9.10. The average Bonchev–Trinajstić information content (AvgIpc) is 2.79. The lowest BCUT2D eigenvalue weighted by atomic mass is 10.1. The van der Waals surface area contributed by atoms with Crippen LogP contribution in [0.2, 0.25) is 0 Å². The number of hydrogen-bond acceptors (Lipinski definition) is 3. The number of carbonyl (C=O) groups is 1. The Labute approximate surface area is 190 Å². The normalized spacial score (nSPS) is 14.5. The number of piperazine rings is 1. The molecule has 1 heterocycles. The Morgan fingerprint density at radius 3 is 2.39 bits per heavy atom. The third-order valence-electron chi connectivity index (χ3n) is 5.35. The summed E-state index contributed by atoms with van der Waals surface area (Å²) >= 11 is 3.44. The van der Waals surface area contributed by atoms with Gasteiger partial charge in [-0.2, -0.15) is 0 Å². The van der Waals surface area contributed by atoms with Crippen molar-refractivity contribution in [1.82, 2.24) is 9.80 Å². The van der Waals surface area contributed by atoms with Crippen LogP contribution in [0.25, 0.3) is 0 Å². The smallest absolute Gasteiger partial charge is 0.253 e. The van der Waals surface area contributed by atoms with Crippen molar-refractivity contribution in [2.24, 2.45) is 0 Å². The predicted octanol–water partition coefficient (Wildman–Crippen LogP) is 5.13. The highest BCUT2D eigenvalue weighted by atomic mass is 79.9.